The molecule has 0 atom stereocenters. The number of benzene rings is 1. The van der Waals surface area contributed by atoms with Gasteiger partial charge in [0, 0.05) is 0 Å². The molecule has 0 spiro atoms. The van der Waals surface area contributed by atoms with Gasteiger partial charge < -0.3 is 4.90 Å². The van der Waals surface area contributed by atoms with Crippen LogP contribution in [0.15, 0.2) is 18.2 Å². The Morgan fingerprint density at radius 2 is 1.93 bits per heavy atom. The molecule has 14 heavy (non-hydrogen) atoms. The van der Waals surface area contributed by atoms with E-state index in [1.165, 1.54) is 0 Å². The predicted molar refractivity (Wildman–Crippen MR) is 53.2 cm³/mol. The summed E-state index contributed by atoms with van der Waals surface area (Å²) in [4.78, 5) is 2.03. The van der Waals surface area contributed by atoms with Crippen molar-refractivity contribution in [2.24, 2.45) is 0 Å². The van der Waals surface area contributed by atoms with Crippen LogP contribution in [0.5, 0.6) is 0 Å². The summed E-state index contributed by atoms with van der Waals surface area (Å²) < 4.78 is 25.9. The van der Waals surface area contributed by atoms with Crippen LogP contribution >= 0.6 is 0 Å². The van der Waals surface area contributed by atoms with Crippen molar-refractivity contribution in [1.82, 2.24) is 4.90 Å². The van der Waals surface area contributed by atoms with Crippen LogP contribution in [0.1, 0.15) is 12.0 Å². The number of aryl methyl sites for hydroxylation is 1. The minimum absolute atomic E-state index is 0.465. The van der Waals surface area contributed by atoms with Crippen LogP contribution in [0.4, 0.5) is 8.78 Å². The first-order valence-corrected chi connectivity index (χ1v) is 4.69. The number of hydrogen-bond acceptors (Lipinski definition) is 1. The van der Waals surface area contributed by atoms with Gasteiger partial charge in [-0.15, -0.1) is 0 Å². The molecule has 0 N–H and O–H groups in total. The van der Waals surface area contributed by atoms with Gasteiger partial charge in [0.25, 0.3) is 0 Å². The van der Waals surface area contributed by atoms with Crippen LogP contribution in [0.3, 0.4) is 0 Å². The SMILES string of the molecule is CN(C)CCCc1cccc(F)c1F. The van der Waals surface area contributed by atoms with E-state index in [0.29, 0.717) is 12.0 Å². The lowest BCUT2D eigenvalue weighted by Crippen LogP contribution is -2.13. The lowest BCUT2D eigenvalue weighted by atomic mass is 10.1. The molecular weight excluding hydrogens is 184 g/mol. The molecule has 1 aromatic carbocycles. The number of nitrogens with zero attached hydrogens (tertiary/aromatic N) is 1. The van der Waals surface area contributed by atoms with Crippen molar-refractivity contribution < 1.29 is 8.78 Å². The summed E-state index contributed by atoms with van der Waals surface area (Å²) in [7, 11) is 3.92. The third-order valence-electron chi connectivity index (χ3n) is 2.08. The Hall–Kier alpha value is -0.960. The van der Waals surface area contributed by atoms with Crippen molar-refractivity contribution in [3.05, 3.63) is 35.4 Å². The molecular formula is C11H15F2N. The minimum Gasteiger partial charge on any atom is -0.309 e. The van der Waals surface area contributed by atoms with E-state index < -0.39 is 11.6 Å². The van der Waals surface area contributed by atoms with Gasteiger partial charge in [-0.3, -0.25) is 0 Å². The van der Waals surface area contributed by atoms with Gasteiger partial charge >= 0.3 is 0 Å². The minimum atomic E-state index is -0.757. The van der Waals surface area contributed by atoms with Crippen LogP contribution in [0.25, 0.3) is 0 Å². The van der Waals surface area contributed by atoms with Gasteiger partial charge in [0.15, 0.2) is 11.6 Å². The van der Waals surface area contributed by atoms with E-state index in [9.17, 15) is 8.78 Å². The average Bonchev–Trinajstić information content (AvgIpc) is 2.12. The van der Waals surface area contributed by atoms with Crippen LogP contribution in [-0.2, 0) is 6.42 Å². The van der Waals surface area contributed by atoms with Gasteiger partial charge in [0.1, 0.15) is 0 Å². The van der Waals surface area contributed by atoms with Crippen LogP contribution in [0, 0.1) is 11.6 Å². The van der Waals surface area contributed by atoms with Gasteiger partial charge in [-0.1, -0.05) is 12.1 Å². The Labute approximate surface area is 83.3 Å². The fraction of sp³-hybridized carbons (Fsp3) is 0.455. The topological polar surface area (TPSA) is 3.24 Å². The standard InChI is InChI=1S/C11H15F2N/c1-14(2)8-4-6-9-5-3-7-10(12)11(9)13/h3,5,7H,4,6,8H2,1-2H3. The van der Waals surface area contributed by atoms with Crippen molar-refractivity contribution in [2.75, 3.05) is 20.6 Å². The van der Waals surface area contributed by atoms with E-state index >= 15 is 0 Å². The summed E-state index contributed by atoms with van der Waals surface area (Å²) in [6.07, 6.45) is 1.43. The maximum atomic E-state index is 13.1. The van der Waals surface area contributed by atoms with E-state index in [1.54, 1.807) is 12.1 Å². The molecule has 0 amide bonds. The molecule has 1 nitrogen and oxygen atoms in total. The zero-order valence-electron chi connectivity index (χ0n) is 8.56. The molecule has 0 aliphatic rings. The van der Waals surface area contributed by atoms with E-state index in [1.807, 2.05) is 19.0 Å². The lowest BCUT2D eigenvalue weighted by Gasteiger charge is -2.09. The highest BCUT2D eigenvalue weighted by molar-refractivity contribution is 5.18. The fourth-order valence-electron chi connectivity index (χ4n) is 1.33. The first-order valence-electron chi connectivity index (χ1n) is 4.69. The predicted octanol–water partition coefficient (Wildman–Crippen LogP) is 2.46. The molecule has 0 aliphatic heterocycles. The second kappa shape index (κ2) is 5.05. The van der Waals surface area contributed by atoms with Gasteiger partial charge in [0.2, 0.25) is 0 Å². The summed E-state index contributed by atoms with van der Waals surface area (Å²) in [5.74, 6) is -1.46. The van der Waals surface area contributed by atoms with E-state index in [2.05, 4.69) is 0 Å². The summed E-state index contributed by atoms with van der Waals surface area (Å²) in [6, 6.07) is 4.32. The highest BCUT2D eigenvalue weighted by Gasteiger charge is 2.06. The molecule has 0 aliphatic carbocycles. The van der Waals surface area contributed by atoms with Gasteiger partial charge in [-0.25, -0.2) is 8.78 Å². The third-order valence-corrected chi connectivity index (χ3v) is 2.08. The van der Waals surface area contributed by atoms with Crippen molar-refractivity contribution in [3.63, 3.8) is 0 Å². The zero-order valence-corrected chi connectivity index (χ0v) is 8.56. The summed E-state index contributed by atoms with van der Waals surface area (Å²) in [5.41, 5.74) is 0.465. The molecule has 0 radical (unpaired) electrons. The average molecular weight is 199 g/mol. The molecule has 3 heteroatoms. The van der Waals surface area contributed by atoms with Crippen molar-refractivity contribution in [3.8, 4) is 0 Å². The molecule has 1 aromatic rings. The Kier molecular flexibility index (Phi) is 4.01. The van der Waals surface area contributed by atoms with Crippen LogP contribution in [-0.4, -0.2) is 25.5 Å². The number of halogens is 2. The Balaban J connectivity index is 2.54. The third kappa shape index (κ3) is 3.07. The molecule has 0 bridgehead atoms. The fourth-order valence-corrected chi connectivity index (χ4v) is 1.33. The molecule has 78 valence electrons. The highest BCUT2D eigenvalue weighted by Crippen LogP contribution is 2.12. The summed E-state index contributed by atoms with van der Waals surface area (Å²) in [5, 5.41) is 0. The maximum absolute atomic E-state index is 13.1. The quantitative estimate of drug-likeness (QED) is 0.720. The molecule has 0 aromatic heterocycles. The first kappa shape index (κ1) is 11.1. The molecule has 1 rings (SSSR count). The first-order chi connectivity index (χ1) is 6.61. The monoisotopic (exact) mass is 199 g/mol. The van der Waals surface area contributed by atoms with E-state index in [-0.39, 0.29) is 0 Å². The summed E-state index contributed by atoms with van der Waals surface area (Å²) >= 11 is 0. The van der Waals surface area contributed by atoms with E-state index in [0.717, 1.165) is 19.0 Å². The Bertz CT molecular complexity index is 297. The molecule has 0 saturated carbocycles. The van der Waals surface area contributed by atoms with Crippen molar-refractivity contribution in [1.29, 1.82) is 0 Å². The Morgan fingerprint density at radius 3 is 2.57 bits per heavy atom. The van der Waals surface area contributed by atoms with Gasteiger partial charge in [-0.2, -0.15) is 0 Å². The molecule has 0 saturated heterocycles. The normalized spacial score (nSPS) is 10.9. The second-order valence-electron chi connectivity index (χ2n) is 3.62. The largest absolute Gasteiger partial charge is 0.309 e. The van der Waals surface area contributed by atoms with E-state index in [4.69, 9.17) is 0 Å². The molecule has 0 heterocycles. The van der Waals surface area contributed by atoms with Gasteiger partial charge in [0.05, 0.1) is 0 Å². The van der Waals surface area contributed by atoms with Crippen LogP contribution < -0.4 is 0 Å². The van der Waals surface area contributed by atoms with Crippen molar-refractivity contribution in [2.45, 2.75) is 12.8 Å². The second-order valence-corrected chi connectivity index (χ2v) is 3.62. The summed E-state index contributed by atoms with van der Waals surface area (Å²) in [6.45, 7) is 0.885. The number of hydrogen-bond donors (Lipinski definition) is 0. The zero-order chi connectivity index (χ0) is 10.6. The molecule has 0 fully saturated rings. The lowest BCUT2D eigenvalue weighted by molar-refractivity contribution is 0.397. The van der Waals surface area contributed by atoms with Crippen LogP contribution in [0.2, 0.25) is 0 Å². The highest BCUT2D eigenvalue weighted by atomic mass is 19.2. The Morgan fingerprint density at radius 1 is 1.21 bits per heavy atom. The smallest absolute Gasteiger partial charge is 0.162 e. The molecule has 0 unspecified atom stereocenters. The van der Waals surface area contributed by atoms with Gasteiger partial charge in [-0.05, 0) is 45.1 Å². The number of rotatable bonds is 4. The van der Waals surface area contributed by atoms with Crippen molar-refractivity contribution >= 4 is 0 Å². The maximum Gasteiger partial charge on any atom is 0.162 e.